The molecule has 0 amide bonds. The van der Waals surface area contributed by atoms with E-state index in [0.717, 1.165) is 38.5 Å². The van der Waals surface area contributed by atoms with Crippen molar-refractivity contribution in [3.05, 3.63) is 22.4 Å². The minimum atomic E-state index is 0.345. The molecule has 0 bridgehead atoms. The van der Waals surface area contributed by atoms with Crippen LogP contribution in [0.5, 0.6) is 0 Å². The van der Waals surface area contributed by atoms with Crippen molar-refractivity contribution in [3.63, 3.8) is 0 Å². The fourth-order valence-corrected chi connectivity index (χ4v) is 3.22. The van der Waals surface area contributed by atoms with Crippen molar-refractivity contribution in [3.8, 4) is 0 Å². The first-order valence-corrected chi connectivity index (χ1v) is 8.24. The number of hydrogen-bond donors (Lipinski definition) is 2. The summed E-state index contributed by atoms with van der Waals surface area (Å²) in [5.74, 6) is 1.47. The van der Waals surface area contributed by atoms with Crippen LogP contribution < -0.4 is 10.6 Å². The summed E-state index contributed by atoms with van der Waals surface area (Å²) < 4.78 is 5.60. The molecule has 1 fully saturated rings. The molecule has 0 aromatic carbocycles. The van der Waals surface area contributed by atoms with E-state index in [0.29, 0.717) is 12.0 Å². The third kappa shape index (κ3) is 5.13. The third-order valence-corrected chi connectivity index (χ3v) is 4.39. The van der Waals surface area contributed by atoms with E-state index in [-0.39, 0.29) is 0 Å². The van der Waals surface area contributed by atoms with Crippen LogP contribution >= 0.6 is 11.3 Å². The van der Waals surface area contributed by atoms with Gasteiger partial charge in [0.1, 0.15) is 0 Å². The van der Waals surface area contributed by atoms with Gasteiger partial charge in [-0.2, -0.15) is 0 Å². The molecule has 2 atom stereocenters. The number of thiophene rings is 1. The van der Waals surface area contributed by atoms with Crippen LogP contribution in [0.2, 0.25) is 0 Å². The molecule has 0 saturated carbocycles. The van der Waals surface area contributed by atoms with Gasteiger partial charge in [0.15, 0.2) is 5.96 Å². The molecule has 5 heteroatoms. The van der Waals surface area contributed by atoms with Crippen molar-refractivity contribution < 1.29 is 4.74 Å². The Kier molecular flexibility index (Phi) is 6.33. The number of nitrogens with one attached hydrogen (secondary N) is 2. The summed E-state index contributed by atoms with van der Waals surface area (Å²) in [5.41, 5.74) is 0. The first-order valence-electron chi connectivity index (χ1n) is 7.36. The van der Waals surface area contributed by atoms with Crippen molar-refractivity contribution in [2.75, 3.05) is 26.7 Å². The highest BCUT2D eigenvalue weighted by Gasteiger charge is 2.15. The fraction of sp³-hybridized carbons (Fsp3) is 0.667. The molecule has 112 valence electrons. The van der Waals surface area contributed by atoms with Crippen molar-refractivity contribution in [1.82, 2.24) is 10.6 Å². The number of hydrogen-bond acceptors (Lipinski definition) is 3. The largest absolute Gasteiger partial charge is 0.376 e. The van der Waals surface area contributed by atoms with Crippen LogP contribution in [0.25, 0.3) is 0 Å². The van der Waals surface area contributed by atoms with E-state index in [2.05, 4.69) is 40.1 Å². The summed E-state index contributed by atoms with van der Waals surface area (Å²) in [7, 11) is 1.81. The van der Waals surface area contributed by atoms with Gasteiger partial charge in [-0.3, -0.25) is 4.99 Å². The van der Waals surface area contributed by atoms with E-state index >= 15 is 0 Å². The quantitative estimate of drug-likeness (QED) is 0.625. The molecule has 2 N–H and O–H groups in total. The van der Waals surface area contributed by atoms with E-state index < -0.39 is 0 Å². The summed E-state index contributed by atoms with van der Waals surface area (Å²) in [4.78, 5) is 5.71. The van der Waals surface area contributed by atoms with Crippen LogP contribution in [0.15, 0.2) is 22.5 Å². The Morgan fingerprint density at radius 1 is 1.55 bits per heavy atom. The average Bonchev–Trinajstić information content (AvgIpc) is 3.12. The van der Waals surface area contributed by atoms with Crippen LogP contribution in [0, 0.1) is 5.92 Å². The second-order valence-electron chi connectivity index (χ2n) is 5.36. The second kappa shape index (κ2) is 8.27. The van der Waals surface area contributed by atoms with E-state index in [1.807, 2.05) is 18.4 Å². The zero-order valence-electron chi connectivity index (χ0n) is 12.4. The minimum Gasteiger partial charge on any atom is -0.376 e. The smallest absolute Gasteiger partial charge is 0.191 e. The minimum absolute atomic E-state index is 0.345. The monoisotopic (exact) mass is 295 g/mol. The molecular weight excluding hydrogens is 270 g/mol. The molecule has 2 unspecified atom stereocenters. The summed E-state index contributed by atoms with van der Waals surface area (Å²) in [6, 6.07) is 4.31. The molecule has 1 aliphatic heterocycles. The Balaban J connectivity index is 1.65. The maximum Gasteiger partial charge on any atom is 0.191 e. The Morgan fingerprint density at radius 3 is 3.10 bits per heavy atom. The number of aliphatic imine (C=N–C) groups is 1. The Hall–Kier alpha value is -1.07. The first-order chi connectivity index (χ1) is 9.78. The lowest BCUT2D eigenvalue weighted by atomic mass is 10.1. The van der Waals surface area contributed by atoms with Gasteiger partial charge in [0.2, 0.25) is 0 Å². The van der Waals surface area contributed by atoms with Crippen LogP contribution in [0.3, 0.4) is 0 Å². The van der Waals surface area contributed by atoms with Gasteiger partial charge < -0.3 is 15.4 Å². The van der Waals surface area contributed by atoms with Crippen molar-refractivity contribution in [2.24, 2.45) is 10.9 Å². The molecule has 0 aliphatic carbocycles. The summed E-state index contributed by atoms with van der Waals surface area (Å²) in [5, 5.41) is 8.87. The van der Waals surface area contributed by atoms with Gasteiger partial charge in [0, 0.05) is 31.6 Å². The zero-order valence-corrected chi connectivity index (χ0v) is 13.2. The number of rotatable bonds is 6. The topological polar surface area (TPSA) is 45.7 Å². The summed E-state index contributed by atoms with van der Waals surface area (Å²) in [6.07, 6.45) is 3.79. The van der Waals surface area contributed by atoms with E-state index in [1.165, 1.54) is 11.3 Å². The Morgan fingerprint density at radius 2 is 2.45 bits per heavy atom. The molecule has 20 heavy (non-hydrogen) atoms. The molecule has 1 aromatic rings. The van der Waals surface area contributed by atoms with Crippen LogP contribution in [-0.2, 0) is 11.2 Å². The van der Waals surface area contributed by atoms with Gasteiger partial charge in [-0.25, -0.2) is 0 Å². The molecule has 2 rings (SSSR count). The first kappa shape index (κ1) is 15.3. The number of guanidine groups is 1. The maximum absolute atomic E-state index is 5.60. The van der Waals surface area contributed by atoms with E-state index in [9.17, 15) is 0 Å². The average molecular weight is 295 g/mol. The lowest BCUT2D eigenvalue weighted by molar-refractivity contribution is 0.114. The van der Waals surface area contributed by atoms with Gasteiger partial charge in [0.05, 0.1) is 6.10 Å². The van der Waals surface area contributed by atoms with Crippen molar-refractivity contribution in [1.29, 1.82) is 0 Å². The highest BCUT2D eigenvalue weighted by molar-refractivity contribution is 7.09. The molecule has 1 aromatic heterocycles. The molecule has 1 aliphatic rings. The van der Waals surface area contributed by atoms with Gasteiger partial charge in [0.25, 0.3) is 0 Å². The van der Waals surface area contributed by atoms with Gasteiger partial charge >= 0.3 is 0 Å². The van der Waals surface area contributed by atoms with Gasteiger partial charge in [-0.05, 0) is 36.6 Å². The lowest BCUT2D eigenvalue weighted by Gasteiger charge is -2.17. The Labute approximate surface area is 125 Å². The van der Waals surface area contributed by atoms with Crippen molar-refractivity contribution >= 4 is 17.3 Å². The highest BCUT2D eigenvalue weighted by Crippen LogP contribution is 2.13. The third-order valence-electron chi connectivity index (χ3n) is 3.49. The molecule has 0 spiro atoms. The molecule has 2 heterocycles. The molecule has 1 saturated heterocycles. The molecule has 4 nitrogen and oxygen atoms in total. The van der Waals surface area contributed by atoms with E-state index in [4.69, 9.17) is 4.74 Å². The summed E-state index contributed by atoms with van der Waals surface area (Å²) >= 11 is 1.83. The van der Waals surface area contributed by atoms with E-state index in [1.54, 1.807) is 0 Å². The normalized spacial score (nSPS) is 20.9. The maximum atomic E-state index is 5.60. The SMILES string of the molecule is CN=C(NCC(C)Cc1cccs1)NCC1CCCO1. The Bertz CT molecular complexity index is 399. The number of nitrogens with zero attached hydrogens (tertiary/aromatic N) is 1. The van der Waals surface area contributed by atoms with Crippen LogP contribution in [0.4, 0.5) is 0 Å². The second-order valence-corrected chi connectivity index (χ2v) is 6.39. The van der Waals surface area contributed by atoms with Crippen molar-refractivity contribution in [2.45, 2.75) is 32.3 Å². The lowest BCUT2D eigenvalue weighted by Crippen LogP contribution is -2.42. The zero-order chi connectivity index (χ0) is 14.2. The van der Waals surface area contributed by atoms with Gasteiger partial charge in [-0.15, -0.1) is 11.3 Å². The standard InChI is InChI=1S/C15H25N3OS/c1-12(9-14-6-4-8-20-14)10-17-15(16-2)18-11-13-5-3-7-19-13/h4,6,8,12-13H,3,5,7,9-11H2,1-2H3,(H2,16,17,18). The van der Waals surface area contributed by atoms with Gasteiger partial charge in [-0.1, -0.05) is 13.0 Å². The van der Waals surface area contributed by atoms with Crippen LogP contribution in [0.1, 0.15) is 24.6 Å². The predicted molar refractivity (Wildman–Crippen MR) is 85.5 cm³/mol. The predicted octanol–water partition coefficient (Wildman–Crippen LogP) is 2.27. The molecular formula is C15H25N3OS. The molecule has 0 radical (unpaired) electrons. The van der Waals surface area contributed by atoms with Crippen LogP contribution in [-0.4, -0.2) is 38.8 Å². The highest BCUT2D eigenvalue weighted by atomic mass is 32.1. The fourth-order valence-electron chi connectivity index (χ4n) is 2.35. The summed E-state index contributed by atoms with van der Waals surface area (Å²) in [6.45, 7) is 4.94. The number of ether oxygens (including phenoxy) is 1.